The lowest BCUT2D eigenvalue weighted by Gasteiger charge is -2.63. The molecule has 0 aromatic heterocycles. The number of ketones is 1. The Balaban J connectivity index is 1.39. The molecule has 4 aliphatic carbocycles. The topological polar surface area (TPSA) is 137 Å². The quantitative estimate of drug-likeness (QED) is 0.331. The molecule has 2 aliphatic heterocycles. The van der Waals surface area contributed by atoms with Gasteiger partial charge in [-0.15, -0.1) is 0 Å². The fourth-order valence-electron chi connectivity index (χ4n) is 9.42. The third-order valence-electron chi connectivity index (χ3n) is 12.1. The van der Waals surface area contributed by atoms with Gasteiger partial charge in [0.25, 0.3) is 0 Å². The summed E-state index contributed by atoms with van der Waals surface area (Å²) in [5.74, 6) is -1.19. The zero-order valence-electron chi connectivity index (χ0n) is 21.7. The number of fused-ring (bicyclic) bond motifs is 4. The van der Waals surface area contributed by atoms with E-state index in [4.69, 9.17) is 9.47 Å². The minimum atomic E-state index is -1.81. The van der Waals surface area contributed by atoms with Crippen molar-refractivity contribution in [3.63, 3.8) is 0 Å². The Bertz CT molecular complexity index is 1120. The maximum Gasteiger partial charge on any atom is 0.334 e. The second kappa shape index (κ2) is 6.89. The van der Waals surface area contributed by atoms with Crippen molar-refractivity contribution in [2.24, 2.45) is 22.7 Å². The zero-order chi connectivity index (χ0) is 26.3. The Kier molecular flexibility index (Phi) is 4.73. The largest absolute Gasteiger partial charge is 0.455 e. The molecule has 1 spiro atoms. The summed E-state index contributed by atoms with van der Waals surface area (Å²) in [6, 6.07) is 0. The molecule has 3 saturated carbocycles. The summed E-state index contributed by atoms with van der Waals surface area (Å²) in [5, 5.41) is 47.5. The molecule has 8 nitrogen and oxygen atoms in total. The van der Waals surface area contributed by atoms with E-state index in [0.29, 0.717) is 31.3 Å². The molecule has 4 N–H and O–H groups in total. The predicted octanol–water partition coefficient (Wildman–Crippen LogP) is 1.73. The Morgan fingerprint density at radius 1 is 1.08 bits per heavy atom. The summed E-state index contributed by atoms with van der Waals surface area (Å²) in [4.78, 5) is 25.8. The van der Waals surface area contributed by atoms with E-state index in [9.17, 15) is 30.0 Å². The first-order valence-electron chi connectivity index (χ1n) is 13.2. The number of hydrogen-bond acceptors (Lipinski definition) is 8. The summed E-state index contributed by atoms with van der Waals surface area (Å²) in [6.45, 7) is 8.73. The number of rotatable bonds is 2. The summed E-state index contributed by atoms with van der Waals surface area (Å²) in [7, 11) is 0. The van der Waals surface area contributed by atoms with Crippen molar-refractivity contribution in [2.75, 3.05) is 0 Å². The molecule has 0 amide bonds. The van der Waals surface area contributed by atoms with Crippen LogP contribution in [0.5, 0.6) is 0 Å². The minimum absolute atomic E-state index is 0.0933. The molecule has 11 atom stereocenters. The first-order chi connectivity index (χ1) is 16.6. The van der Waals surface area contributed by atoms with Crippen LogP contribution in [0.15, 0.2) is 23.3 Å². The zero-order valence-corrected chi connectivity index (χ0v) is 21.7. The number of cyclic esters (lactones) is 1. The molecule has 0 aromatic carbocycles. The van der Waals surface area contributed by atoms with Gasteiger partial charge in [-0.3, -0.25) is 4.79 Å². The van der Waals surface area contributed by atoms with Crippen molar-refractivity contribution in [3.05, 3.63) is 23.3 Å². The first kappa shape index (κ1) is 24.7. The molecule has 6 rings (SSSR count). The highest BCUT2D eigenvalue weighted by molar-refractivity contribution is 5.98. The average Bonchev–Trinajstić information content (AvgIpc) is 3.51. The highest BCUT2D eigenvalue weighted by Crippen LogP contribution is 2.75. The van der Waals surface area contributed by atoms with Crippen LogP contribution in [0.1, 0.15) is 73.1 Å². The Morgan fingerprint density at radius 2 is 1.78 bits per heavy atom. The van der Waals surface area contributed by atoms with Crippen molar-refractivity contribution in [1.29, 1.82) is 0 Å². The van der Waals surface area contributed by atoms with Crippen molar-refractivity contribution in [3.8, 4) is 0 Å². The van der Waals surface area contributed by atoms with Crippen LogP contribution in [0.25, 0.3) is 0 Å². The first-order valence-corrected chi connectivity index (χ1v) is 13.2. The average molecular weight is 503 g/mol. The van der Waals surface area contributed by atoms with E-state index in [1.54, 1.807) is 6.92 Å². The van der Waals surface area contributed by atoms with Crippen LogP contribution < -0.4 is 0 Å². The molecule has 8 heteroatoms. The SMILES string of the molecule is CC1=C(C)C(=O)OC(C(C)(O)[C@]2(O)CC[C@@]3(O)C4C[C@H]5O[C@]56[C@H](O)C=CC(=O)[C@]6(C)C4CC[C@@]32C)C1. The number of epoxide rings is 1. The standard InChI is InChI=1S/C28H38O8/c1-14-12-20(35-22(31)15(14)2)25(5,32)27(34)11-10-26(33)17-13-21-28(36-21)19(30)7-6-18(29)24(28,4)16(17)8-9-23(26,27)3/h6-7,16-17,19-21,30,32-34H,8-13H2,1-5H3/t16?,17?,19-,20?,21-,23+,24+,25?,26-,27+,28-/m1/s1. The van der Waals surface area contributed by atoms with Crippen LogP contribution in [0.3, 0.4) is 0 Å². The molecular weight excluding hydrogens is 464 g/mol. The molecule has 1 saturated heterocycles. The fraction of sp³-hybridized carbons (Fsp3) is 0.786. The van der Waals surface area contributed by atoms with E-state index in [2.05, 4.69) is 0 Å². The van der Waals surface area contributed by atoms with Gasteiger partial charge in [-0.05, 0) is 83.8 Å². The highest BCUT2D eigenvalue weighted by Gasteiger charge is 2.84. The van der Waals surface area contributed by atoms with E-state index in [0.717, 1.165) is 5.57 Å². The van der Waals surface area contributed by atoms with Gasteiger partial charge in [-0.25, -0.2) is 4.79 Å². The number of carbonyl (C=O) groups is 2. The maximum atomic E-state index is 13.3. The molecule has 0 radical (unpaired) electrons. The molecular formula is C28H38O8. The molecule has 36 heavy (non-hydrogen) atoms. The van der Waals surface area contributed by atoms with Crippen molar-refractivity contribution < 1.29 is 39.5 Å². The van der Waals surface area contributed by atoms with Crippen LogP contribution in [0.2, 0.25) is 0 Å². The second-order valence-corrected chi connectivity index (χ2v) is 13.0. The number of aliphatic hydroxyl groups excluding tert-OH is 1. The van der Waals surface area contributed by atoms with Gasteiger partial charge < -0.3 is 29.9 Å². The van der Waals surface area contributed by atoms with E-state index >= 15 is 0 Å². The lowest BCUT2D eigenvalue weighted by atomic mass is 9.42. The predicted molar refractivity (Wildman–Crippen MR) is 127 cm³/mol. The van der Waals surface area contributed by atoms with E-state index in [1.807, 2.05) is 20.8 Å². The van der Waals surface area contributed by atoms with E-state index in [-0.39, 0.29) is 36.6 Å². The van der Waals surface area contributed by atoms with Crippen LogP contribution in [-0.2, 0) is 19.1 Å². The van der Waals surface area contributed by atoms with Crippen molar-refractivity contribution >= 4 is 11.8 Å². The molecule has 6 aliphatic rings. The van der Waals surface area contributed by atoms with Gasteiger partial charge in [0, 0.05) is 17.4 Å². The summed E-state index contributed by atoms with van der Waals surface area (Å²) < 4.78 is 11.7. The molecule has 2 heterocycles. The normalized spacial score (nSPS) is 55.2. The molecule has 0 aromatic rings. The molecule has 4 fully saturated rings. The van der Waals surface area contributed by atoms with Gasteiger partial charge in [0.15, 0.2) is 5.78 Å². The summed E-state index contributed by atoms with van der Waals surface area (Å²) in [5.41, 5.74) is -6.64. The number of hydrogen-bond donors (Lipinski definition) is 4. The number of esters is 1. The van der Waals surface area contributed by atoms with Gasteiger partial charge in [0.1, 0.15) is 29.0 Å². The van der Waals surface area contributed by atoms with Gasteiger partial charge >= 0.3 is 5.97 Å². The number of allylic oxidation sites excluding steroid dienone is 1. The molecule has 4 unspecified atom stereocenters. The second-order valence-electron chi connectivity index (χ2n) is 13.0. The van der Waals surface area contributed by atoms with Crippen LogP contribution in [0, 0.1) is 22.7 Å². The Labute approximate surface area is 211 Å². The van der Waals surface area contributed by atoms with Crippen LogP contribution in [-0.4, -0.2) is 72.9 Å². The molecule has 0 bridgehead atoms. The van der Waals surface area contributed by atoms with E-state index in [1.165, 1.54) is 19.1 Å². The Hall–Kier alpha value is -1.58. The van der Waals surface area contributed by atoms with Gasteiger partial charge in [0.05, 0.1) is 17.1 Å². The van der Waals surface area contributed by atoms with Gasteiger partial charge in [0.2, 0.25) is 0 Å². The number of ether oxygens (including phenoxy) is 2. The number of carbonyl (C=O) groups excluding carboxylic acids is 2. The lowest BCUT2D eigenvalue weighted by Crippen LogP contribution is -2.73. The van der Waals surface area contributed by atoms with Gasteiger partial charge in [-0.1, -0.05) is 12.5 Å². The van der Waals surface area contributed by atoms with Crippen molar-refractivity contribution in [2.45, 2.75) is 114 Å². The summed E-state index contributed by atoms with van der Waals surface area (Å²) in [6.07, 6.45) is 2.84. The number of aliphatic hydroxyl groups is 4. The third kappa shape index (κ3) is 2.40. The third-order valence-corrected chi connectivity index (χ3v) is 12.1. The van der Waals surface area contributed by atoms with Gasteiger partial charge in [-0.2, -0.15) is 0 Å². The smallest absolute Gasteiger partial charge is 0.334 e. The maximum absolute atomic E-state index is 13.3. The Morgan fingerprint density at radius 3 is 2.44 bits per heavy atom. The van der Waals surface area contributed by atoms with Crippen LogP contribution in [0.4, 0.5) is 0 Å². The fourth-order valence-corrected chi connectivity index (χ4v) is 9.42. The lowest BCUT2D eigenvalue weighted by molar-refractivity contribution is -0.283. The summed E-state index contributed by atoms with van der Waals surface area (Å²) >= 11 is 0. The minimum Gasteiger partial charge on any atom is -0.455 e. The highest BCUT2D eigenvalue weighted by atomic mass is 16.6. The monoisotopic (exact) mass is 502 g/mol. The molecule has 198 valence electrons. The van der Waals surface area contributed by atoms with E-state index < -0.39 is 51.4 Å². The van der Waals surface area contributed by atoms with Crippen LogP contribution >= 0.6 is 0 Å². The van der Waals surface area contributed by atoms with Crippen molar-refractivity contribution in [1.82, 2.24) is 0 Å².